The molecular formula is C19H25N3O3. The quantitative estimate of drug-likeness (QED) is 0.851. The molecular weight excluding hydrogens is 318 g/mol. The standard InChI is InChI=1S/C19H25N3O3/c1-19(2,3)25-18(23)22-8-6-14(7-9-22)12-24-16-5-4-15-11-20-13-21-17(15)10-16/h4-5,10-11,13-14H,6-9,12H2,1-3H3. The molecule has 1 amide bonds. The molecule has 0 unspecified atom stereocenters. The fourth-order valence-corrected chi connectivity index (χ4v) is 2.87. The van der Waals surface area contributed by atoms with E-state index in [0.29, 0.717) is 25.6 Å². The normalized spacial score (nSPS) is 16.0. The van der Waals surface area contributed by atoms with Crippen LogP contribution in [0.1, 0.15) is 33.6 Å². The van der Waals surface area contributed by atoms with E-state index in [2.05, 4.69) is 9.97 Å². The summed E-state index contributed by atoms with van der Waals surface area (Å²) in [6.45, 7) is 7.75. The number of ether oxygens (including phenoxy) is 2. The molecule has 2 aromatic rings. The van der Waals surface area contributed by atoms with Gasteiger partial charge in [-0.25, -0.2) is 14.8 Å². The molecule has 1 aliphatic rings. The lowest BCUT2D eigenvalue weighted by atomic mass is 9.98. The van der Waals surface area contributed by atoms with Crippen molar-refractivity contribution in [2.75, 3.05) is 19.7 Å². The fourth-order valence-electron chi connectivity index (χ4n) is 2.87. The van der Waals surface area contributed by atoms with Gasteiger partial charge in [0, 0.05) is 30.7 Å². The maximum absolute atomic E-state index is 12.1. The van der Waals surface area contributed by atoms with E-state index in [1.165, 1.54) is 0 Å². The number of carbonyl (C=O) groups is 1. The van der Waals surface area contributed by atoms with E-state index in [-0.39, 0.29) is 6.09 Å². The Morgan fingerprint density at radius 2 is 2.04 bits per heavy atom. The Kier molecular flexibility index (Phi) is 5.06. The largest absolute Gasteiger partial charge is 0.493 e. The SMILES string of the molecule is CC(C)(C)OC(=O)N1CCC(COc2ccc3cncnc3c2)CC1. The summed E-state index contributed by atoms with van der Waals surface area (Å²) in [6.07, 6.45) is 4.96. The van der Waals surface area contributed by atoms with E-state index < -0.39 is 5.60 Å². The number of hydrogen-bond acceptors (Lipinski definition) is 5. The van der Waals surface area contributed by atoms with E-state index in [1.54, 1.807) is 17.4 Å². The Morgan fingerprint density at radius 3 is 2.76 bits per heavy atom. The molecule has 1 aliphatic heterocycles. The highest BCUT2D eigenvalue weighted by Gasteiger charge is 2.27. The fraction of sp³-hybridized carbons (Fsp3) is 0.526. The van der Waals surface area contributed by atoms with Crippen LogP contribution in [0.15, 0.2) is 30.7 Å². The number of amides is 1. The van der Waals surface area contributed by atoms with Crippen LogP contribution in [0.25, 0.3) is 10.9 Å². The van der Waals surface area contributed by atoms with Crippen LogP contribution in [-0.4, -0.2) is 46.3 Å². The first-order valence-electron chi connectivity index (χ1n) is 8.71. The zero-order valence-corrected chi connectivity index (χ0v) is 15.1. The molecule has 134 valence electrons. The van der Waals surface area contributed by atoms with E-state index in [4.69, 9.17) is 9.47 Å². The zero-order valence-electron chi connectivity index (χ0n) is 15.1. The molecule has 1 aromatic carbocycles. The second kappa shape index (κ2) is 7.25. The Labute approximate surface area is 148 Å². The van der Waals surface area contributed by atoms with Crippen LogP contribution in [0.2, 0.25) is 0 Å². The summed E-state index contributed by atoms with van der Waals surface area (Å²) in [6, 6.07) is 5.85. The minimum absolute atomic E-state index is 0.221. The molecule has 25 heavy (non-hydrogen) atoms. The first-order chi connectivity index (χ1) is 11.9. The van der Waals surface area contributed by atoms with Gasteiger partial charge >= 0.3 is 6.09 Å². The van der Waals surface area contributed by atoms with Crippen LogP contribution in [0.3, 0.4) is 0 Å². The monoisotopic (exact) mass is 343 g/mol. The van der Waals surface area contributed by atoms with Gasteiger partial charge in [0.1, 0.15) is 17.7 Å². The third kappa shape index (κ3) is 4.81. The van der Waals surface area contributed by atoms with Crippen molar-refractivity contribution in [3.05, 3.63) is 30.7 Å². The van der Waals surface area contributed by atoms with Crippen LogP contribution < -0.4 is 4.74 Å². The van der Waals surface area contributed by atoms with Gasteiger partial charge in [-0.05, 0) is 51.7 Å². The Balaban J connectivity index is 1.48. The molecule has 3 rings (SSSR count). The average molecular weight is 343 g/mol. The average Bonchev–Trinajstić information content (AvgIpc) is 2.59. The number of nitrogens with zero attached hydrogens (tertiary/aromatic N) is 3. The number of hydrogen-bond donors (Lipinski definition) is 0. The highest BCUT2D eigenvalue weighted by molar-refractivity contribution is 5.78. The molecule has 6 nitrogen and oxygen atoms in total. The van der Waals surface area contributed by atoms with Gasteiger partial charge in [-0.2, -0.15) is 0 Å². The van der Waals surface area contributed by atoms with Crippen molar-refractivity contribution in [1.82, 2.24) is 14.9 Å². The van der Waals surface area contributed by atoms with E-state index >= 15 is 0 Å². The minimum atomic E-state index is -0.448. The summed E-state index contributed by atoms with van der Waals surface area (Å²) >= 11 is 0. The number of carbonyl (C=O) groups excluding carboxylic acids is 1. The molecule has 2 heterocycles. The number of piperidine rings is 1. The van der Waals surface area contributed by atoms with Gasteiger partial charge in [-0.15, -0.1) is 0 Å². The highest BCUT2D eigenvalue weighted by atomic mass is 16.6. The molecule has 1 saturated heterocycles. The molecule has 0 spiro atoms. The predicted octanol–water partition coefficient (Wildman–Crippen LogP) is 3.66. The van der Waals surface area contributed by atoms with Gasteiger partial charge in [0.25, 0.3) is 0 Å². The minimum Gasteiger partial charge on any atom is -0.493 e. The van der Waals surface area contributed by atoms with E-state index in [0.717, 1.165) is 29.5 Å². The second-order valence-corrected chi connectivity index (χ2v) is 7.47. The third-order valence-corrected chi connectivity index (χ3v) is 4.23. The molecule has 0 bridgehead atoms. The van der Waals surface area contributed by atoms with Crippen molar-refractivity contribution in [3.8, 4) is 5.75 Å². The summed E-state index contributed by atoms with van der Waals surface area (Å²) in [5.41, 5.74) is 0.434. The lowest BCUT2D eigenvalue weighted by Gasteiger charge is -2.33. The van der Waals surface area contributed by atoms with Crippen molar-refractivity contribution in [2.24, 2.45) is 5.92 Å². The Hall–Kier alpha value is -2.37. The summed E-state index contributed by atoms with van der Waals surface area (Å²) in [7, 11) is 0. The van der Waals surface area contributed by atoms with Gasteiger partial charge in [0.15, 0.2) is 0 Å². The van der Waals surface area contributed by atoms with Crippen molar-refractivity contribution in [1.29, 1.82) is 0 Å². The van der Waals surface area contributed by atoms with Gasteiger partial charge in [0.05, 0.1) is 12.1 Å². The lowest BCUT2D eigenvalue weighted by molar-refractivity contribution is 0.0165. The van der Waals surface area contributed by atoms with Crippen LogP contribution in [0.5, 0.6) is 5.75 Å². The first kappa shape index (κ1) is 17.5. The number of fused-ring (bicyclic) bond motifs is 1. The zero-order chi connectivity index (χ0) is 17.9. The van der Waals surface area contributed by atoms with Crippen molar-refractivity contribution in [3.63, 3.8) is 0 Å². The number of benzene rings is 1. The second-order valence-electron chi connectivity index (χ2n) is 7.47. The van der Waals surface area contributed by atoms with Crippen LogP contribution >= 0.6 is 0 Å². The molecule has 0 saturated carbocycles. The Morgan fingerprint density at radius 1 is 1.28 bits per heavy atom. The van der Waals surface area contributed by atoms with Crippen LogP contribution in [0.4, 0.5) is 4.79 Å². The van der Waals surface area contributed by atoms with Crippen LogP contribution in [-0.2, 0) is 4.74 Å². The molecule has 0 N–H and O–H groups in total. The maximum Gasteiger partial charge on any atom is 0.410 e. The predicted molar refractivity (Wildman–Crippen MR) is 95.6 cm³/mol. The molecule has 1 fully saturated rings. The first-order valence-corrected chi connectivity index (χ1v) is 8.71. The Bertz CT molecular complexity index is 734. The van der Waals surface area contributed by atoms with E-state index in [1.807, 2.05) is 39.0 Å². The van der Waals surface area contributed by atoms with E-state index in [9.17, 15) is 4.79 Å². The van der Waals surface area contributed by atoms with Gasteiger partial charge < -0.3 is 14.4 Å². The highest BCUT2D eigenvalue weighted by Crippen LogP contribution is 2.23. The van der Waals surface area contributed by atoms with Crippen molar-refractivity contribution < 1.29 is 14.3 Å². The van der Waals surface area contributed by atoms with Gasteiger partial charge in [-0.3, -0.25) is 0 Å². The molecule has 0 atom stereocenters. The smallest absolute Gasteiger partial charge is 0.410 e. The third-order valence-electron chi connectivity index (χ3n) is 4.23. The summed E-state index contributed by atoms with van der Waals surface area (Å²) in [5.74, 6) is 1.26. The maximum atomic E-state index is 12.1. The molecule has 0 radical (unpaired) electrons. The van der Waals surface area contributed by atoms with Crippen LogP contribution in [0, 0.1) is 5.92 Å². The number of aromatic nitrogens is 2. The lowest BCUT2D eigenvalue weighted by Crippen LogP contribution is -2.42. The molecule has 1 aromatic heterocycles. The topological polar surface area (TPSA) is 64.5 Å². The number of likely N-dealkylation sites (tertiary alicyclic amines) is 1. The molecule has 6 heteroatoms. The summed E-state index contributed by atoms with van der Waals surface area (Å²) in [5, 5.41) is 1.00. The summed E-state index contributed by atoms with van der Waals surface area (Å²) in [4.78, 5) is 22.1. The van der Waals surface area contributed by atoms with Gasteiger partial charge in [-0.1, -0.05) is 0 Å². The van der Waals surface area contributed by atoms with Gasteiger partial charge in [0.2, 0.25) is 0 Å². The van der Waals surface area contributed by atoms with Crippen molar-refractivity contribution in [2.45, 2.75) is 39.2 Å². The molecule has 0 aliphatic carbocycles. The van der Waals surface area contributed by atoms with Crippen molar-refractivity contribution >= 4 is 17.0 Å². The number of rotatable bonds is 3. The summed E-state index contributed by atoms with van der Waals surface area (Å²) < 4.78 is 11.4.